The molecule has 134 valence electrons. The maximum Gasteiger partial charge on any atom is 0.307 e. The Balaban J connectivity index is 4.46. The molecule has 0 saturated heterocycles. The quantitative estimate of drug-likeness (QED) is 0.217. The number of rotatable bonds is 10. The second-order valence-corrected chi connectivity index (χ2v) is 12.7. The topological polar surface area (TPSA) is 35.5 Å². The van der Waals surface area contributed by atoms with E-state index >= 15 is 0 Å². The largest absolute Gasteiger partial charge is 0.435 e. The van der Waals surface area contributed by atoms with Gasteiger partial charge in [0.1, 0.15) is 0 Å². The summed E-state index contributed by atoms with van der Waals surface area (Å²) in [5.74, 6) is 0.142. The zero-order chi connectivity index (χ0) is 18.0. The van der Waals surface area contributed by atoms with Crippen LogP contribution in [-0.2, 0) is 14.0 Å². The van der Waals surface area contributed by atoms with Gasteiger partial charge in [-0.3, -0.25) is 4.79 Å². The molecule has 0 aromatic carbocycles. The van der Waals surface area contributed by atoms with Crippen LogP contribution in [0.3, 0.4) is 0 Å². The molecule has 0 rings (SSSR count). The van der Waals surface area contributed by atoms with Gasteiger partial charge in [0.05, 0.1) is 6.26 Å². The Bertz CT molecular complexity index is 376. The van der Waals surface area contributed by atoms with Gasteiger partial charge in [0.25, 0.3) is 0 Å². The van der Waals surface area contributed by atoms with Crippen molar-refractivity contribution >= 4 is 14.3 Å². The van der Waals surface area contributed by atoms with Crippen LogP contribution < -0.4 is 0 Å². The summed E-state index contributed by atoms with van der Waals surface area (Å²) in [6.07, 6.45) is 8.21. The molecule has 1 atom stereocenters. The fraction of sp³-hybridized carbons (Fsp3) is 0.737. The Kier molecular flexibility index (Phi) is 10.4. The van der Waals surface area contributed by atoms with E-state index in [0.29, 0.717) is 22.5 Å². The SMILES string of the molecule is CC(=O)O/C=C/C=C/[C@@H](C)CCO[Si](C(C)C)(C(C)C)C(C)C. The molecule has 0 N–H and O–H groups in total. The molecular weight excluding hydrogens is 304 g/mol. The summed E-state index contributed by atoms with van der Waals surface area (Å²) in [7, 11) is -1.75. The van der Waals surface area contributed by atoms with E-state index in [1.807, 2.05) is 6.08 Å². The van der Waals surface area contributed by atoms with Crippen molar-refractivity contribution in [1.82, 2.24) is 0 Å². The summed E-state index contributed by atoms with van der Waals surface area (Å²) < 4.78 is 11.3. The van der Waals surface area contributed by atoms with Gasteiger partial charge in [0.15, 0.2) is 8.32 Å². The molecule has 0 amide bonds. The Morgan fingerprint density at radius 2 is 1.48 bits per heavy atom. The predicted molar refractivity (Wildman–Crippen MR) is 101 cm³/mol. The molecule has 0 saturated carbocycles. The van der Waals surface area contributed by atoms with Crippen molar-refractivity contribution in [2.24, 2.45) is 5.92 Å². The Morgan fingerprint density at radius 3 is 1.91 bits per heavy atom. The molecule has 0 bridgehead atoms. The highest BCUT2D eigenvalue weighted by Gasteiger charge is 2.44. The van der Waals surface area contributed by atoms with Crippen molar-refractivity contribution in [2.75, 3.05) is 6.61 Å². The van der Waals surface area contributed by atoms with Gasteiger partial charge in [0, 0.05) is 13.5 Å². The number of hydrogen-bond acceptors (Lipinski definition) is 3. The van der Waals surface area contributed by atoms with Crippen molar-refractivity contribution in [3.63, 3.8) is 0 Å². The predicted octanol–water partition coefficient (Wildman–Crippen LogP) is 5.84. The van der Waals surface area contributed by atoms with Crippen LogP contribution in [0, 0.1) is 5.92 Å². The van der Waals surface area contributed by atoms with Crippen LogP contribution in [0.5, 0.6) is 0 Å². The zero-order valence-electron chi connectivity index (χ0n) is 16.3. The molecule has 0 aromatic heterocycles. The van der Waals surface area contributed by atoms with E-state index in [4.69, 9.17) is 9.16 Å². The van der Waals surface area contributed by atoms with Crippen LogP contribution in [0.1, 0.15) is 61.8 Å². The van der Waals surface area contributed by atoms with Gasteiger partial charge in [-0.05, 0) is 35.0 Å². The monoisotopic (exact) mass is 340 g/mol. The molecule has 0 aromatic rings. The van der Waals surface area contributed by atoms with Crippen molar-refractivity contribution in [2.45, 2.75) is 78.4 Å². The summed E-state index contributed by atoms with van der Waals surface area (Å²) >= 11 is 0. The fourth-order valence-electron chi connectivity index (χ4n) is 3.45. The van der Waals surface area contributed by atoms with E-state index in [1.165, 1.54) is 13.2 Å². The molecule has 0 radical (unpaired) electrons. The highest BCUT2D eigenvalue weighted by Crippen LogP contribution is 2.42. The number of carbonyl (C=O) groups is 1. The van der Waals surface area contributed by atoms with E-state index in [1.54, 1.807) is 6.08 Å². The fourth-order valence-corrected chi connectivity index (χ4v) is 8.92. The molecule has 23 heavy (non-hydrogen) atoms. The Hall–Kier alpha value is -0.873. The zero-order valence-corrected chi connectivity index (χ0v) is 17.3. The smallest absolute Gasteiger partial charge is 0.307 e. The number of esters is 1. The van der Waals surface area contributed by atoms with E-state index in [9.17, 15) is 4.79 Å². The summed E-state index contributed by atoms with van der Waals surface area (Å²) in [5, 5.41) is 0. The molecule has 0 aliphatic rings. The van der Waals surface area contributed by atoms with Crippen molar-refractivity contribution in [1.29, 1.82) is 0 Å². The van der Waals surface area contributed by atoms with Crippen molar-refractivity contribution < 1.29 is 14.0 Å². The molecule has 0 aliphatic carbocycles. The third-order valence-electron chi connectivity index (χ3n) is 4.50. The van der Waals surface area contributed by atoms with Gasteiger partial charge in [-0.1, -0.05) is 60.6 Å². The number of carbonyl (C=O) groups excluding carboxylic acids is 1. The number of hydrogen-bond donors (Lipinski definition) is 0. The molecule has 4 heteroatoms. The highest BCUT2D eigenvalue weighted by molar-refractivity contribution is 6.77. The molecule has 0 fully saturated rings. The van der Waals surface area contributed by atoms with Crippen molar-refractivity contribution in [3.05, 3.63) is 24.5 Å². The lowest BCUT2D eigenvalue weighted by molar-refractivity contribution is -0.135. The Morgan fingerprint density at radius 1 is 0.957 bits per heavy atom. The van der Waals surface area contributed by atoms with Gasteiger partial charge in [0.2, 0.25) is 0 Å². The first-order valence-corrected chi connectivity index (χ1v) is 10.9. The Labute approximate surface area is 144 Å². The lowest BCUT2D eigenvalue weighted by Gasteiger charge is -2.42. The molecule has 0 spiro atoms. The normalized spacial score (nSPS) is 14.6. The van der Waals surface area contributed by atoms with Crippen LogP contribution in [-0.4, -0.2) is 20.9 Å². The van der Waals surface area contributed by atoms with Gasteiger partial charge in [-0.25, -0.2) is 0 Å². The van der Waals surface area contributed by atoms with E-state index in [-0.39, 0.29) is 5.97 Å². The summed E-state index contributed by atoms with van der Waals surface area (Å²) in [6.45, 7) is 18.3. The minimum Gasteiger partial charge on any atom is -0.435 e. The first kappa shape index (κ1) is 22.1. The number of allylic oxidation sites excluding steroid dienone is 3. The molecule has 0 aliphatic heterocycles. The van der Waals surface area contributed by atoms with Crippen LogP contribution in [0.4, 0.5) is 0 Å². The summed E-state index contributed by atoms with van der Waals surface area (Å²) in [6, 6.07) is 0. The van der Waals surface area contributed by atoms with Crippen LogP contribution in [0.25, 0.3) is 0 Å². The summed E-state index contributed by atoms with van der Waals surface area (Å²) in [4.78, 5) is 10.6. The van der Waals surface area contributed by atoms with Gasteiger partial charge >= 0.3 is 5.97 Å². The van der Waals surface area contributed by atoms with E-state index < -0.39 is 8.32 Å². The lowest BCUT2D eigenvalue weighted by atomic mass is 10.1. The third kappa shape index (κ3) is 7.49. The molecule has 0 unspecified atom stereocenters. The maximum absolute atomic E-state index is 10.6. The standard InChI is InChI=1S/C19H36O3Si/c1-15(2)23(16(3)4,17(5)6)22-14-12-18(7)11-9-10-13-21-19(8)20/h9-11,13,15-18H,12,14H2,1-8H3/b11-9+,13-10+/t18-/m1/s1. The minimum atomic E-state index is -1.75. The average Bonchev–Trinajstić information content (AvgIpc) is 2.41. The van der Waals surface area contributed by atoms with Gasteiger partial charge < -0.3 is 9.16 Å². The maximum atomic E-state index is 10.6. The molecule has 3 nitrogen and oxygen atoms in total. The van der Waals surface area contributed by atoms with Gasteiger partial charge in [-0.15, -0.1) is 0 Å². The third-order valence-corrected chi connectivity index (χ3v) is 10.6. The second kappa shape index (κ2) is 10.8. The van der Waals surface area contributed by atoms with E-state index in [2.05, 4.69) is 54.5 Å². The van der Waals surface area contributed by atoms with Crippen LogP contribution in [0.2, 0.25) is 16.6 Å². The summed E-state index contributed by atoms with van der Waals surface area (Å²) in [5.41, 5.74) is 1.88. The minimum absolute atomic E-state index is 0.298. The van der Waals surface area contributed by atoms with Crippen LogP contribution >= 0.6 is 0 Å². The molecule has 0 heterocycles. The van der Waals surface area contributed by atoms with Crippen molar-refractivity contribution in [3.8, 4) is 0 Å². The molecular formula is C19H36O3Si. The first-order chi connectivity index (χ1) is 10.6. The van der Waals surface area contributed by atoms with E-state index in [0.717, 1.165) is 13.0 Å². The van der Waals surface area contributed by atoms with Gasteiger partial charge in [-0.2, -0.15) is 0 Å². The lowest BCUT2D eigenvalue weighted by Crippen LogP contribution is -2.48. The number of ether oxygens (including phenoxy) is 1. The first-order valence-electron chi connectivity index (χ1n) is 8.79. The highest BCUT2D eigenvalue weighted by atomic mass is 28.4. The second-order valence-electron chi connectivity index (χ2n) is 7.25. The average molecular weight is 341 g/mol. The van der Waals surface area contributed by atoms with Crippen LogP contribution in [0.15, 0.2) is 24.5 Å².